The Morgan fingerprint density at radius 1 is 1.31 bits per heavy atom. The minimum absolute atomic E-state index is 0.00601. The molecule has 138 valence electrons. The first kappa shape index (κ1) is 18.6. The van der Waals surface area contributed by atoms with Gasteiger partial charge in [0.25, 0.3) is 5.91 Å². The highest BCUT2D eigenvalue weighted by molar-refractivity contribution is 7.17. The molecule has 1 aliphatic rings. The third kappa shape index (κ3) is 4.30. The van der Waals surface area contributed by atoms with E-state index in [0.717, 1.165) is 28.8 Å². The van der Waals surface area contributed by atoms with E-state index in [9.17, 15) is 14.0 Å². The predicted octanol–water partition coefficient (Wildman–Crippen LogP) is 4.58. The minimum Gasteiger partial charge on any atom is -0.481 e. The number of thiophene rings is 1. The Kier molecular flexibility index (Phi) is 5.71. The summed E-state index contributed by atoms with van der Waals surface area (Å²) in [7, 11) is 0. The maximum atomic E-state index is 13.1. The van der Waals surface area contributed by atoms with E-state index in [1.165, 1.54) is 23.5 Å². The van der Waals surface area contributed by atoms with Crippen molar-refractivity contribution in [3.05, 3.63) is 46.6 Å². The first-order valence-corrected chi connectivity index (χ1v) is 9.63. The SMILES string of the molecule is Cc1cc(C(=O)N2CCCC(CCC(=O)O)C2)sc1-c1ccc(F)cc1. The van der Waals surface area contributed by atoms with Crippen LogP contribution in [0.4, 0.5) is 4.39 Å². The van der Waals surface area contributed by atoms with Crippen molar-refractivity contribution in [1.82, 2.24) is 4.90 Å². The van der Waals surface area contributed by atoms with Crippen molar-refractivity contribution < 1.29 is 19.1 Å². The average molecular weight is 375 g/mol. The maximum absolute atomic E-state index is 13.1. The number of nitrogens with zero attached hydrogens (tertiary/aromatic N) is 1. The summed E-state index contributed by atoms with van der Waals surface area (Å²) in [5.74, 6) is -0.806. The third-order valence-electron chi connectivity index (χ3n) is 4.81. The summed E-state index contributed by atoms with van der Waals surface area (Å²) in [5, 5.41) is 8.85. The average Bonchev–Trinajstić information content (AvgIpc) is 3.02. The molecule has 6 heteroatoms. The Labute approximate surface area is 156 Å². The normalized spacial score (nSPS) is 17.3. The van der Waals surface area contributed by atoms with Crippen LogP contribution in [0.15, 0.2) is 30.3 Å². The number of amides is 1. The second-order valence-corrected chi connectivity index (χ2v) is 7.87. The summed E-state index contributed by atoms with van der Waals surface area (Å²) in [5.41, 5.74) is 1.91. The fraction of sp³-hybridized carbons (Fsp3) is 0.400. The number of likely N-dealkylation sites (tertiary alicyclic amines) is 1. The van der Waals surface area contributed by atoms with Crippen LogP contribution < -0.4 is 0 Å². The molecule has 1 fully saturated rings. The van der Waals surface area contributed by atoms with E-state index >= 15 is 0 Å². The number of aliphatic carboxylic acids is 1. The van der Waals surface area contributed by atoms with Gasteiger partial charge in [0.1, 0.15) is 5.82 Å². The molecule has 26 heavy (non-hydrogen) atoms. The molecule has 1 saturated heterocycles. The van der Waals surface area contributed by atoms with Gasteiger partial charge in [-0.1, -0.05) is 12.1 Å². The molecule has 1 aromatic heterocycles. The summed E-state index contributed by atoms with van der Waals surface area (Å²) in [4.78, 5) is 27.2. The van der Waals surface area contributed by atoms with E-state index < -0.39 is 5.97 Å². The fourth-order valence-corrected chi connectivity index (χ4v) is 4.59. The van der Waals surface area contributed by atoms with Crippen molar-refractivity contribution in [3.63, 3.8) is 0 Å². The molecule has 1 aliphatic heterocycles. The standard InChI is InChI=1S/C20H22FNO3S/c1-13-11-17(26-19(13)15-5-7-16(21)8-6-15)20(25)22-10-2-3-14(12-22)4-9-18(23)24/h5-8,11,14H,2-4,9-10,12H2,1H3,(H,23,24). The number of carboxylic acids is 1. The first-order chi connectivity index (χ1) is 12.4. The minimum atomic E-state index is -0.786. The van der Waals surface area contributed by atoms with Gasteiger partial charge in [0.15, 0.2) is 0 Å². The van der Waals surface area contributed by atoms with Crippen LogP contribution in [-0.4, -0.2) is 35.0 Å². The molecule has 1 atom stereocenters. The van der Waals surface area contributed by atoms with Gasteiger partial charge in [-0.2, -0.15) is 0 Å². The largest absolute Gasteiger partial charge is 0.481 e. The number of halogens is 1. The Hall–Kier alpha value is -2.21. The van der Waals surface area contributed by atoms with Gasteiger partial charge in [-0.15, -0.1) is 11.3 Å². The van der Waals surface area contributed by atoms with Crippen LogP contribution in [-0.2, 0) is 4.79 Å². The lowest BCUT2D eigenvalue weighted by atomic mass is 9.93. The molecule has 3 rings (SSSR count). The zero-order valence-electron chi connectivity index (χ0n) is 14.7. The molecule has 4 nitrogen and oxygen atoms in total. The number of carbonyl (C=O) groups excluding carboxylic acids is 1. The van der Waals surface area contributed by atoms with Gasteiger partial charge in [0.05, 0.1) is 4.88 Å². The number of carboxylic acid groups (broad SMARTS) is 1. The number of hydrogen-bond acceptors (Lipinski definition) is 3. The molecule has 2 aromatic rings. The maximum Gasteiger partial charge on any atom is 0.303 e. The number of rotatable bonds is 5. The number of piperidine rings is 1. The molecule has 0 aliphatic carbocycles. The molecule has 0 radical (unpaired) electrons. The Bertz CT molecular complexity index is 800. The molecule has 0 spiro atoms. The van der Waals surface area contributed by atoms with E-state index in [1.54, 1.807) is 12.1 Å². The van der Waals surface area contributed by atoms with Crippen LogP contribution in [0, 0.1) is 18.7 Å². The van der Waals surface area contributed by atoms with Gasteiger partial charge in [0, 0.05) is 24.4 Å². The topological polar surface area (TPSA) is 57.6 Å². The van der Waals surface area contributed by atoms with Gasteiger partial charge in [-0.3, -0.25) is 9.59 Å². The van der Waals surface area contributed by atoms with Crippen LogP contribution in [0.5, 0.6) is 0 Å². The predicted molar refractivity (Wildman–Crippen MR) is 99.9 cm³/mol. The van der Waals surface area contributed by atoms with E-state index in [2.05, 4.69) is 0 Å². The van der Waals surface area contributed by atoms with Crippen LogP contribution >= 0.6 is 11.3 Å². The number of benzene rings is 1. The van der Waals surface area contributed by atoms with Gasteiger partial charge in [-0.25, -0.2) is 4.39 Å². The van der Waals surface area contributed by atoms with Crippen LogP contribution in [0.2, 0.25) is 0 Å². The van der Waals surface area contributed by atoms with Crippen molar-refractivity contribution in [1.29, 1.82) is 0 Å². The van der Waals surface area contributed by atoms with Gasteiger partial charge in [-0.05, 0) is 61.4 Å². The summed E-state index contributed by atoms with van der Waals surface area (Å²) < 4.78 is 13.1. The summed E-state index contributed by atoms with van der Waals surface area (Å²) in [6, 6.07) is 8.20. The number of aryl methyl sites for hydroxylation is 1. The first-order valence-electron chi connectivity index (χ1n) is 8.81. The Morgan fingerprint density at radius 2 is 2.04 bits per heavy atom. The highest BCUT2D eigenvalue weighted by Gasteiger charge is 2.26. The second-order valence-electron chi connectivity index (χ2n) is 6.82. The molecule has 0 bridgehead atoms. The van der Waals surface area contributed by atoms with Crippen molar-refractivity contribution in [2.45, 2.75) is 32.6 Å². The molecular formula is C20H22FNO3S. The molecular weight excluding hydrogens is 353 g/mol. The molecule has 0 saturated carbocycles. The van der Waals surface area contributed by atoms with Gasteiger partial charge < -0.3 is 10.0 Å². The Morgan fingerprint density at radius 3 is 2.73 bits per heavy atom. The van der Waals surface area contributed by atoms with Crippen molar-refractivity contribution >= 4 is 23.2 Å². The smallest absolute Gasteiger partial charge is 0.303 e. The van der Waals surface area contributed by atoms with Crippen LogP contribution in [0.25, 0.3) is 10.4 Å². The highest BCUT2D eigenvalue weighted by atomic mass is 32.1. The van der Waals surface area contributed by atoms with Crippen molar-refractivity contribution in [2.75, 3.05) is 13.1 Å². The van der Waals surface area contributed by atoms with E-state index in [1.807, 2.05) is 17.9 Å². The van der Waals surface area contributed by atoms with E-state index in [-0.39, 0.29) is 24.1 Å². The van der Waals surface area contributed by atoms with Crippen molar-refractivity contribution in [3.8, 4) is 10.4 Å². The second kappa shape index (κ2) is 7.99. The van der Waals surface area contributed by atoms with Crippen LogP contribution in [0.3, 0.4) is 0 Å². The zero-order chi connectivity index (χ0) is 18.7. The lowest BCUT2D eigenvalue weighted by Crippen LogP contribution is -2.39. The van der Waals surface area contributed by atoms with Crippen LogP contribution in [0.1, 0.15) is 40.9 Å². The quantitative estimate of drug-likeness (QED) is 0.832. The Balaban J connectivity index is 1.72. The number of hydrogen-bond donors (Lipinski definition) is 1. The van der Waals surface area contributed by atoms with E-state index in [0.29, 0.717) is 24.4 Å². The zero-order valence-corrected chi connectivity index (χ0v) is 15.5. The lowest BCUT2D eigenvalue weighted by molar-refractivity contribution is -0.137. The summed E-state index contributed by atoms with van der Waals surface area (Å²) >= 11 is 1.43. The molecule has 1 N–H and O–H groups in total. The lowest BCUT2D eigenvalue weighted by Gasteiger charge is -2.32. The van der Waals surface area contributed by atoms with E-state index in [4.69, 9.17) is 5.11 Å². The third-order valence-corrected chi connectivity index (χ3v) is 6.08. The summed E-state index contributed by atoms with van der Waals surface area (Å²) in [6.45, 7) is 3.29. The highest BCUT2D eigenvalue weighted by Crippen LogP contribution is 2.34. The summed E-state index contributed by atoms with van der Waals surface area (Å²) in [6.07, 6.45) is 2.65. The molecule has 1 unspecified atom stereocenters. The number of carbonyl (C=O) groups is 2. The molecule has 2 heterocycles. The molecule has 1 amide bonds. The fourth-order valence-electron chi connectivity index (χ4n) is 3.44. The van der Waals surface area contributed by atoms with Crippen molar-refractivity contribution in [2.24, 2.45) is 5.92 Å². The monoisotopic (exact) mass is 375 g/mol. The van der Waals surface area contributed by atoms with Gasteiger partial charge >= 0.3 is 5.97 Å². The van der Waals surface area contributed by atoms with Gasteiger partial charge in [0.2, 0.25) is 0 Å². The molecule has 1 aromatic carbocycles.